The van der Waals surface area contributed by atoms with E-state index in [-0.39, 0.29) is 5.91 Å². The van der Waals surface area contributed by atoms with Crippen LogP contribution in [0.2, 0.25) is 0 Å². The fourth-order valence-corrected chi connectivity index (χ4v) is 3.96. The maximum absolute atomic E-state index is 11.8. The van der Waals surface area contributed by atoms with Crippen molar-refractivity contribution in [3.05, 3.63) is 54.4 Å². The monoisotopic (exact) mass is 387 g/mol. The topological polar surface area (TPSA) is 56.2 Å². The number of rotatable bonds is 5. The smallest absolute Gasteiger partial charge is 0.224 e. The molecule has 2 aromatic carbocycles. The van der Waals surface area contributed by atoms with Crippen LogP contribution < -0.4 is 10.1 Å². The molecular formula is C24H25N3O2. The van der Waals surface area contributed by atoms with Crippen LogP contribution in [0.1, 0.15) is 25.5 Å². The van der Waals surface area contributed by atoms with Gasteiger partial charge in [0.05, 0.1) is 23.8 Å². The van der Waals surface area contributed by atoms with Gasteiger partial charge < -0.3 is 14.6 Å². The Kier molecular flexibility index (Phi) is 4.97. The van der Waals surface area contributed by atoms with Crippen molar-refractivity contribution in [2.24, 2.45) is 7.05 Å². The average molecular weight is 387 g/mol. The number of carbonyl (C=O) groups is 1. The van der Waals surface area contributed by atoms with Gasteiger partial charge in [0.1, 0.15) is 5.75 Å². The number of fused-ring (bicyclic) bond motifs is 3. The van der Waals surface area contributed by atoms with Gasteiger partial charge in [-0.1, -0.05) is 19.1 Å². The number of ether oxygens (including phenoxy) is 1. The van der Waals surface area contributed by atoms with Crippen molar-refractivity contribution in [1.29, 1.82) is 0 Å². The van der Waals surface area contributed by atoms with Crippen LogP contribution in [0.3, 0.4) is 0 Å². The number of amides is 1. The number of anilines is 1. The third-order valence-electron chi connectivity index (χ3n) is 5.37. The SMILES string of the molecule is CCCC(=O)Nc1ccc(-c2cc3c4ccnc(C)c4n(C)c3cc2OC)cc1. The zero-order chi connectivity index (χ0) is 20.5. The highest BCUT2D eigenvalue weighted by Gasteiger charge is 2.15. The standard InChI is InChI=1S/C24H25N3O2/c1-5-6-23(28)26-17-9-7-16(8-10-17)19-13-20-18-11-12-25-15(2)24(18)27(3)21(20)14-22(19)29-4/h7-14H,5-6H2,1-4H3,(H,26,28). The van der Waals surface area contributed by atoms with E-state index in [4.69, 9.17) is 4.74 Å². The van der Waals surface area contributed by atoms with Crippen LogP contribution in [0.4, 0.5) is 5.69 Å². The first-order valence-electron chi connectivity index (χ1n) is 9.85. The number of hydrogen-bond acceptors (Lipinski definition) is 3. The lowest BCUT2D eigenvalue weighted by molar-refractivity contribution is -0.116. The number of nitrogens with one attached hydrogen (secondary N) is 1. The molecule has 2 heterocycles. The molecule has 0 unspecified atom stereocenters. The van der Waals surface area contributed by atoms with Crippen molar-refractivity contribution in [3.63, 3.8) is 0 Å². The fourth-order valence-electron chi connectivity index (χ4n) is 3.96. The molecule has 0 saturated heterocycles. The van der Waals surface area contributed by atoms with Gasteiger partial charge in [-0.05, 0) is 43.2 Å². The Morgan fingerprint density at radius 2 is 1.90 bits per heavy atom. The molecule has 148 valence electrons. The van der Waals surface area contributed by atoms with Gasteiger partial charge in [-0.2, -0.15) is 0 Å². The first-order valence-corrected chi connectivity index (χ1v) is 9.85. The van der Waals surface area contributed by atoms with E-state index in [9.17, 15) is 4.79 Å². The summed E-state index contributed by atoms with van der Waals surface area (Å²) in [6.45, 7) is 4.03. The second-order valence-corrected chi connectivity index (χ2v) is 7.30. The molecule has 0 aliphatic carbocycles. The van der Waals surface area contributed by atoms with Gasteiger partial charge in [-0.15, -0.1) is 0 Å². The maximum atomic E-state index is 11.8. The molecule has 29 heavy (non-hydrogen) atoms. The summed E-state index contributed by atoms with van der Waals surface area (Å²) in [5.41, 5.74) is 6.12. The summed E-state index contributed by atoms with van der Waals surface area (Å²) < 4.78 is 7.89. The predicted octanol–water partition coefficient (Wildman–Crippen LogP) is 5.45. The molecule has 1 amide bonds. The number of methoxy groups -OCH3 is 1. The molecule has 0 aliphatic rings. The molecule has 5 nitrogen and oxygen atoms in total. The summed E-state index contributed by atoms with van der Waals surface area (Å²) in [6.07, 6.45) is 3.22. The molecule has 2 aromatic heterocycles. The fraction of sp³-hybridized carbons (Fsp3) is 0.250. The van der Waals surface area contributed by atoms with E-state index in [0.717, 1.165) is 45.7 Å². The number of nitrogens with zero attached hydrogens (tertiary/aromatic N) is 2. The molecule has 0 aliphatic heterocycles. The summed E-state index contributed by atoms with van der Waals surface area (Å²) in [5.74, 6) is 0.857. The minimum absolute atomic E-state index is 0.0407. The lowest BCUT2D eigenvalue weighted by Gasteiger charge is -2.11. The molecule has 4 rings (SSSR count). The molecule has 4 aromatic rings. The van der Waals surface area contributed by atoms with Gasteiger partial charge in [-0.3, -0.25) is 9.78 Å². The Labute approximate surface area is 170 Å². The van der Waals surface area contributed by atoms with Gasteiger partial charge >= 0.3 is 0 Å². The molecule has 0 spiro atoms. The van der Waals surface area contributed by atoms with E-state index in [2.05, 4.69) is 40.1 Å². The van der Waals surface area contributed by atoms with E-state index in [1.165, 1.54) is 10.8 Å². The van der Waals surface area contributed by atoms with E-state index >= 15 is 0 Å². The van der Waals surface area contributed by atoms with Crippen molar-refractivity contribution < 1.29 is 9.53 Å². The van der Waals surface area contributed by atoms with Gasteiger partial charge in [0.15, 0.2) is 0 Å². The Morgan fingerprint density at radius 3 is 2.59 bits per heavy atom. The highest BCUT2D eigenvalue weighted by atomic mass is 16.5. The zero-order valence-electron chi connectivity index (χ0n) is 17.2. The van der Waals surface area contributed by atoms with Crippen LogP contribution in [-0.4, -0.2) is 22.6 Å². The van der Waals surface area contributed by atoms with Gasteiger partial charge in [-0.25, -0.2) is 0 Å². The van der Waals surface area contributed by atoms with Crippen LogP contribution >= 0.6 is 0 Å². The Morgan fingerprint density at radius 1 is 1.14 bits per heavy atom. The minimum atomic E-state index is 0.0407. The van der Waals surface area contributed by atoms with Crippen molar-refractivity contribution in [2.45, 2.75) is 26.7 Å². The van der Waals surface area contributed by atoms with Crippen LogP contribution in [0, 0.1) is 6.92 Å². The first-order chi connectivity index (χ1) is 14.0. The normalized spacial score (nSPS) is 11.2. The van der Waals surface area contributed by atoms with Crippen molar-refractivity contribution in [2.75, 3.05) is 12.4 Å². The summed E-state index contributed by atoms with van der Waals surface area (Å²) in [4.78, 5) is 16.3. The summed E-state index contributed by atoms with van der Waals surface area (Å²) in [6, 6.07) is 14.2. The second kappa shape index (κ2) is 7.59. The van der Waals surface area contributed by atoms with Gasteiger partial charge in [0.25, 0.3) is 0 Å². The van der Waals surface area contributed by atoms with E-state index in [1.54, 1.807) is 7.11 Å². The van der Waals surface area contributed by atoms with Crippen LogP contribution in [0.25, 0.3) is 32.9 Å². The molecule has 0 saturated carbocycles. The number of hydrogen-bond donors (Lipinski definition) is 1. The van der Waals surface area contributed by atoms with Gasteiger partial charge in [0.2, 0.25) is 5.91 Å². The quantitative estimate of drug-likeness (QED) is 0.495. The summed E-state index contributed by atoms with van der Waals surface area (Å²) in [5, 5.41) is 5.29. The van der Waals surface area contributed by atoms with Crippen LogP contribution in [-0.2, 0) is 11.8 Å². The molecular weight excluding hydrogens is 362 g/mol. The number of aromatic nitrogens is 2. The molecule has 0 atom stereocenters. The molecule has 0 radical (unpaired) electrons. The van der Waals surface area contributed by atoms with Crippen LogP contribution in [0.5, 0.6) is 5.75 Å². The first kappa shape index (κ1) is 19.0. The van der Waals surface area contributed by atoms with Crippen LogP contribution in [0.15, 0.2) is 48.7 Å². The number of pyridine rings is 1. The minimum Gasteiger partial charge on any atom is -0.496 e. The van der Waals surface area contributed by atoms with E-state index in [1.807, 2.05) is 44.3 Å². The molecule has 1 N–H and O–H groups in total. The summed E-state index contributed by atoms with van der Waals surface area (Å²) >= 11 is 0. The average Bonchev–Trinajstić information content (AvgIpc) is 3.00. The van der Waals surface area contributed by atoms with E-state index < -0.39 is 0 Å². The van der Waals surface area contributed by atoms with Crippen molar-refractivity contribution in [3.8, 4) is 16.9 Å². The second-order valence-electron chi connectivity index (χ2n) is 7.30. The van der Waals surface area contributed by atoms with Crippen molar-refractivity contribution >= 4 is 33.4 Å². The molecule has 5 heteroatoms. The number of benzene rings is 2. The Bertz CT molecular complexity index is 1210. The largest absolute Gasteiger partial charge is 0.496 e. The summed E-state index contributed by atoms with van der Waals surface area (Å²) in [7, 11) is 3.76. The predicted molar refractivity (Wildman–Crippen MR) is 118 cm³/mol. The third-order valence-corrected chi connectivity index (χ3v) is 5.37. The number of aryl methyl sites for hydroxylation is 2. The maximum Gasteiger partial charge on any atom is 0.224 e. The molecule has 0 bridgehead atoms. The molecule has 0 fully saturated rings. The highest BCUT2D eigenvalue weighted by molar-refractivity contribution is 6.10. The third kappa shape index (κ3) is 3.33. The lowest BCUT2D eigenvalue weighted by Crippen LogP contribution is -2.10. The lowest BCUT2D eigenvalue weighted by atomic mass is 10.0. The zero-order valence-corrected chi connectivity index (χ0v) is 17.2. The van der Waals surface area contributed by atoms with Crippen molar-refractivity contribution in [1.82, 2.24) is 9.55 Å². The van der Waals surface area contributed by atoms with Gasteiger partial charge in [0, 0.05) is 47.8 Å². The Balaban J connectivity index is 1.82. The Hall–Kier alpha value is -3.34. The van der Waals surface area contributed by atoms with E-state index in [0.29, 0.717) is 6.42 Å². The number of carbonyl (C=O) groups excluding carboxylic acids is 1. The highest BCUT2D eigenvalue weighted by Crippen LogP contribution is 2.38.